The Bertz CT molecular complexity index is 1090. The predicted octanol–water partition coefficient (Wildman–Crippen LogP) is 5.28. The molecule has 0 radical (unpaired) electrons. The van der Waals surface area contributed by atoms with E-state index in [1.165, 1.54) is 17.6 Å². The molecule has 0 spiro atoms. The summed E-state index contributed by atoms with van der Waals surface area (Å²) in [5.41, 5.74) is 0.796. The maximum Gasteiger partial charge on any atom is 0.281 e. The second-order valence-corrected chi connectivity index (χ2v) is 9.06. The number of aromatic nitrogens is 2. The number of thiazole rings is 1. The first kappa shape index (κ1) is 24.4. The van der Waals surface area contributed by atoms with Crippen LogP contribution in [0.3, 0.4) is 0 Å². The van der Waals surface area contributed by atoms with Gasteiger partial charge in [0.15, 0.2) is 0 Å². The van der Waals surface area contributed by atoms with E-state index in [1.807, 2.05) is 11.0 Å². The molecule has 1 aliphatic rings. The number of nitrogens with zero attached hydrogens (tertiary/aromatic N) is 3. The number of likely N-dealkylation sites (tertiary alicyclic amines) is 1. The topological polar surface area (TPSA) is 67.4 Å². The van der Waals surface area contributed by atoms with E-state index in [2.05, 4.69) is 15.3 Å². The summed E-state index contributed by atoms with van der Waals surface area (Å²) < 4.78 is 47.4. The molecule has 1 aromatic carbocycles. The lowest BCUT2D eigenvalue weighted by Gasteiger charge is -2.37. The highest BCUT2D eigenvalue weighted by Crippen LogP contribution is 2.34. The molecule has 0 saturated carbocycles. The number of hydrogen-bond donors (Lipinski definition) is 1. The van der Waals surface area contributed by atoms with E-state index in [-0.39, 0.29) is 28.9 Å². The summed E-state index contributed by atoms with van der Waals surface area (Å²) >= 11 is 7.11. The van der Waals surface area contributed by atoms with Gasteiger partial charge in [-0.05, 0) is 37.1 Å². The van der Waals surface area contributed by atoms with Crippen LogP contribution in [0.15, 0.2) is 48.2 Å². The van der Waals surface area contributed by atoms with Gasteiger partial charge in [0.05, 0.1) is 33.2 Å². The Morgan fingerprint density at radius 2 is 2.06 bits per heavy atom. The van der Waals surface area contributed by atoms with E-state index < -0.39 is 24.2 Å². The third kappa shape index (κ3) is 5.68. The van der Waals surface area contributed by atoms with Crippen molar-refractivity contribution >= 4 is 28.8 Å². The maximum atomic E-state index is 14.2. The summed E-state index contributed by atoms with van der Waals surface area (Å²) in [7, 11) is 0. The molecule has 1 unspecified atom stereocenters. The fourth-order valence-corrected chi connectivity index (χ4v) is 5.15. The smallest absolute Gasteiger partial charge is 0.281 e. The molecule has 1 amide bonds. The van der Waals surface area contributed by atoms with Crippen molar-refractivity contribution in [2.75, 3.05) is 19.6 Å². The molecule has 4 rings (SSSR count). The highest BCUT2D eigenvalue weighted by Gasteiger charge is 2.32. The lowest BCUT2D eigenvalue weighted by atomic mass is 10.0. The number of hydrogen-bond acceptors (Lipinski definition) is 6. The Morgan fingerprint density at radius 1 is 1.26 bits per heavy atom. The molecule has 1 atom stereocenters. The average molecular weight is 511 g/mol. The first-order chi connectivity index (χ1) is 16.4. The van der Waals surface area contributed by atoms with Crippen molar-refractivity contribution in [2.45, 2.75) is 31.4 Å². The van der Waals surface area contributed by atoms with Crippen molar-refractivity contribution in [3.05, 3.63) is 75.2 Å². The first-order valence-electron chi connectivity index (χ1n) is 10.7. The van der Waals surface area contributed by atoms with Gasteiger partial charge in [0.2, 0.25) is 0 Å². The number of carbonyl (C=O) groups excluding carboxylic acids is 1. The molecular formula is C23H22ClF3N4O2S. The number of nitrogens with one attached hydrogen (secondary N) is 1. The minimum absolute atomic E-state index is 0.000457. The molecule has 0 bridgehead atoms. The number of pyridine rings is 1. The van der Waals surface area contributed by atoms with Crippen molar-refractivity contribution < 1.29 is 22.7 Å². The third-order valence-corrected chi connectivity index (χ3v) is 6.89. The van der Waals surface area contributed by atoms with E-state index in [0.717, 1.165) is 17.4 Å². The SMILES string of the molecule is O=C(NCC(c1scnc1C(F)F)N1CCC(Oc2cccnc2)CC1)c1c(F)cccc1Cl. The molecule has 34 heavy (non-hydrogen) atoms. The lowest BCUT2D eigenvalue weighted by Crippen LogP contribution is -2.44. The van der Waals surface area contributed by atoms with Crippen LogP contribution in [0.5, 0.6) is 5.75 Å². The Hall–Kier alpha value is -2.69. The zero-order valence-electron chi connectivity index (χ0n) is 18.0. The maximum absolute atomic E-state index is 14.2. The van der Waals surface area contributed by atoms with E-state index in [1.54, 1.807) is 18.5 Å². The zero-order chi connectivity index (χ0) is 24.1. The van der Waals surface area contributed by atoms with E-state index >= 15 is 0 Å². The number of alkyl halides is 2. The summed E-state index contributed by atoms with van der Waals surface area (Å²) in [5, 5.41) is 2.65. The molecule has 11 heteroatoms. The van der Waals surface area contributed by atoms with Crippen molar-refractivity contribution in [1.29, 1.82) is 0 Å². The van der Waals surface area contributed by atoms with Gasteiger partial charge < -0.3 is 10.1 Å². The molecule has 1 fully saturated rings. The van der Waals surface area contributed by atoms with Crippen LogP contribution in [0, 0.1) is 5.82 Å². The van der Waals surface area contributed by atoms with Crippen LogP contribution in [0.25, 0.3) is 0 Å². The van der Waals surface area contributed by atoms with E-state index in [9.17, 15) is 18.0 Å². The Balaban J connectivity index is 1.48. The Morgan fingerprint density at radius 3 is 2.74 bits per heavy atom. The number of rotatable bonds is 8. The van der Waals surface area contributed by atoms with Gasteiger partial charge in [0, 0.05) is 25.8 Å². The van der Waals surface area contributed by atoms with E-state index in [4.69, 9.17) is 16.3 Å². The van der Waals surface area contributed by atoms with Crippen molar-refractivity contribution in [1.82, 2.24) is 20.2 Å². The monoisotopic (exact) mass is 510 g/mol. The number of ether oxygens (including phenoxy) is 1. The lowest BCUT2D eigenvalue weighted by molar-refractivity contribution is 0.0701. The number of piperidine rings is 1. The van der Waals surface area contributed by atoms with Crippen LogP contribution >= 0.6 is 22.9 Å². The number of amides is 1. The molecule has 1 saturated heterocycles. The molecule has 1 aliphatic heterocycles. The summed E-state index contributed by atoms with van der Waals surface area (Å²) in [6, 6.07) is 7.04. The molecular weight excluding hydrogens is 489 g/mol. The van der Waals surface area contributed by atoms with Gasteiger partial charge in [-0.15, -0.1) is 11.3 Å². The molecule has 0 aliphatic carbocycles. The highest BCUT2D eigenvalue weighted by molar-refractivity contribution is 7.09. The third-order valence-electron chi connectivity index (χ3n) is 5.63. The van der Waals surface area contributed by atoms with Gasteiger partial charge in [-0.1, -0.05) is 17.7 Å². The van der Waals surface area contributed by atoms with Crippen LogP contribution in [-0.4, -0.2) is 46.5 Å². The molecule has 2 aromatic heterocycles. The van der Waals surface area contributed by atoms with Gasteiger partial charge in [0.1, 0.15) is 23.4 Å². The second-order valence-electron chi connectivity index (χ2n) is 7.77. The standard InChI is InChI=1S/C23H22ClF3N4O2S/c24-16-4-1-5-17(25)19(16)23(32)29-12-18(21-20(22(26)27)30-13-34-21)31-9-6-14(7-10-31)33-15-3-2-8-28-11-15/h1-5,8,11,13-14,18,22H,6-7,9-10,12H2,(H,29,32). The highest BCUT2D eigenvalue weighted by atomic mass is 35.5. The molecule has 3 heterocycles. The number of halogens is 4. The van der Waals surface area contributed by atoms with Crippen molar-refractivity contribution in [3.63, 3.8) is 0 Å². The van der Waals surface area contributed by atoms with Crippen LogP contribution in [0.4, 0.5) is 13.2 Å². The van der Waals surface area contributed by atoms with Crippen LogP contribution in [-0.2, 0) is 0 Å². The first-order valence-corrected chi connectivity index (χ1v) is 11.9. The van der Waals surface area contributed by atoms with Crippen LogP contribution < -0.4 is 10.1 Å². The molecule has 3 aromatic rings. The van der Waals surface area contributed by atoms with E-state index in [0.29, 0.717) is 36.6 Å². The average Bonchev–Trinajstić information content (AvgIpc) is 3.31. The fourth-order valence-electron chi connectivity index (χ4n) is 3.97. The minimum atomic E-state index is -2.74. The van der Waals surface area contributed by atoms with Gasteiger partial charge in [-0.25, -0.2) is 18.2 Å². The predicted molar refractivity (Wildman–Crippen MR) is 123 cm³/mol. The van der Waals surface area contributed by atoms with Crippen LogP contribution in [0.1, 0.15) is 46.2 Å². The molecule has 180 valence electrons. The number of carbonyl (C=O) groups is 1. The quantitative estimate of drug-likeness (QED) is 0.446. The summed E-state index contributed by atoms with van der Waals surface area (Å²) in [4.78, 5) is 22.9. The zero-order valence-corrected chi connectivity index (χ0v) is 19.5. The normalized spacial score (nSPS) is 15.9. The van der Waals surface area contributed by atoms with Crippen LogP contribution in [0.2, 0.25) is 5.02 Å². The minimum Gasteiger partial charge on any atom is -0.489 e. The van der Waals surface area contributed by atoms with Crippen molar-refractivity contribution in [3.8, 4) is 5.75 Å². The van der Waals surface area contributed by atoms with Gasteiger partial charge >= 0.3 is 0 Å². The fraction of sp³-hybridized carbons (Fsp3) is 0.348. The van der Waals surface area contributed by atoms with Gasteiger partial charge in [-0.3, -0.25) is 14.7 Å². The summed E-state index contributed by atoms with van der Waals surface area (Å²) in [5.74, 6) is -0.777. The van der Waals surface area contributed by atoms with Crippen molar-refractivity contribution in [2.24, 2.45) is 0 Å². The Kier molecular flexibility index (Phi) is 8.02. The summed E-state index contributed by atoms with van der Waals surface area (Å²) in [6.07, 6.45) is 1.86. The number of benzene rings is 1. The Labute approximate surface area is 203 Å². The van der Waals surface area contributed by atoms with Gasteiger partial charge in [0.25, 0.3) is 12.3 Å². The molecule has 1 N–H and O–H groups in total. The summed E-state index contributed by atoms with van der Waals surface area (Å²) in [6.45, 7) is 1.12. The molecule has 6 nitrogen and oxygen atoms in total. The second kappa shape index (κ2) is 11.2. The van der Waals surface area contributed by atoms with Gasteiger partial charge in [-0.2, -0.15) is 0 Å². The largest absolute Gasteiger partial charge is 0.489 e.